The Kier molecular flexibility index (Phi) is 2.11. The molecule has 0 aliphatic carbocycles. The minimum atomic E-state index is 0.506. The molecule has 0 saturated heterocycles. The zero-order valence-electron chi connectivity index (χ0n) is 6.46. The summed E-state index contributed by atoms with van der Waals surface area (Å²) < 4.78 is 0. The second-order valence-electron chi connectivity index (χ2n) is 2.11. The molecule has 0 atom stereocenters. The van der Waals surface area contributed by atoms with Crippen molar-refractivity contribution in [2.45, 2.75) is 0 Å². The number of nitrogens with zero attached hydrogens (tertiary/aromatic N) is 1. The van der Waals surface area contributed by atoms with Crippen LogP contribution < -0.4 is 11.1 Å². The van der Waals surface area contributed by atoms with Crippen LogP contribution in [0.5, 0.6) is 0 Å². The quantitative estimate of drug-likeness (QED) is 0.667. The normalized spacial score (nSPS) is 9.18. The second kappa shape index (κ2) is 3.05. The zero-order valence-corrected chi connectivity index (χ0v) is 6.46. The fraction of sp³-hybridized carbons (Fsp3) is 0.125. The lowest BCUT2D eigenvalue weighted by Gasteiger charge is -2.05. The van der Waals surface area contributed by atoms with E-state index in [1.807, 2.05) is 13.1 Å². The molecule has 0 unspecified atom stereocenters. The van der Waals surface area contributed by atoms with Gasteiger partial charge in [0.15, 0.2) is 0 Å². The third-order valence-corrected chi connectivity index (χ3v) is 1.49. The number of hydrogen-bond donors (Lipinski definition) is 2. The van der Waals surface area contributed by atoms with Crippen molar-refractivity contribution in [3.8, 4) is 0 Å². The van der Waals surface area contributed by atoms with E-state index in [2.05, 4.69) is 16.9 Å². The first-order valence-electron chi connectivity index (χ1n) is 3.34. The predicted molar refractivity (Wildman–Crippen MR) is 48.3 cm³/mol. The number of nitrogens with one attached hydrogen (secondary N) is 1. The molecular formula is C8H11N3. The summed E-state index contributed by atoms with van der Waals surface area (Å²) in [7, 11) is 1.84. The highest BCUT2D eigenvalue weighted by atomic mass is 14.9. The molecule has 3 nitrogen and oxygen atoms in total. The largest absolute Gasteiger partial charge is 0.387 e. The molecule has 0 bridgehead atoms. The van der Waals surface area contributed by atoms with Crippen molar-refractivity contribution in [3.63, 3.8) is 0 Å². The van der Waals surface area contributed by atoms with Gasteiger partial charge in [0, 0.05) is 24.5 Å². The van der Waals surface area contributed by atoms with Gasteiger partial charge < -0.3 is 11.1 Å². The van der Waals surface area contributed by atoms with Gasteiger partial charge in [-0.25, -0.2) is 4.98 Å². The van der Waals surface area contributed by atoms with E-state index in [9.17, 15) is 0 Å². The third-order valence-electron chi connectivity index (χ3n) is 1.49. The van der Waals surface area contributed by atoms with Gasteiger partial charge in [-0.1, -0.05) is 12.7 Å². The number of anilines is 2. The summed E-state index contributed by atoms with van der Waals surface area (Å²) in [4.78, 5) is 3.93. The number of nitrogen functional groups attached to an aromatic ring is 1. The average Bonchev–Trinajstić information content (AvgIpc) is 2.04. The van der Waals surface area contributed by atoms with E-state index < -0.39 is 0 Å². The summed E-state index contributed by atoms with van der Waals surface area (Å²) in [5, 5.41) is 3.00. The molecule has 3 heteroatoms. The molecule has 11 heavy (non-hydrogen) atoms. The highest BCUT2D eigenvalue weighted by Gasteiger charge is 1.99. The summed E-state index contributed by atoms with van der Waals surface area (Å²) in [5.74, 6) is 0.506. The number of hydrogen-bond acceptors (Lipinski definition) is 3. The second-order valence-corrected chi connectivity index (χ2v) is 2.11. The van der Waals surface area contributed by atoms with Crippen LogP contribution in [0.25, 0.3) is 6.08 Å². The maximum Gasteiger partial charge on any atom is 0.132 e. The fourth-order valence-corrected chi connectivity index (χ4v) is 0.922. The van der Waals surface area contributed by atoms with E-state index in [4.69, 9.17) is 5.73 Å². The van der Waals surface area contributed by atoms with Crippen LogP contribution in [0.2, 0.25) is 0 Å². The molecule has 0 aromatic carbocycles. The number of nitrogens with two attached hydrogens (primary N) is 1. The Hall–Kier alpha value is -1.51. The molecule has 1 rings (SSSR count). The van der Waals surface area contributed by atoms with Gasteiger partial charge in [-0.05, 0) is 6.07 Å². The Morgan fingerprint density at radius 1 is 1.73 bits per heavy atom. The van der Waals surface area contributed by atoms with E-state index >= 15 is 0 Å². The van der Waals surface area contributed by atoms with Gasteiger partial charge in [0.1, 0.15) is 5.82 Å². The molecule has 58 valence electrons. The van der Waals surface area contributed by atoms with Crippen LogP contribution in [0.4, 0.5) is 11.5 Å². The van der Waals surface area contributed by atoms with Gasteiger partial charge in [0.2, 0.25) is 0 Å². The minimum absolute atomic E-state index is 0.506. The van der Waals surface area contributed by atoms with Gasteiger partial charge >= 0.3 is 0 Å². The van der Waals surface area contributed by atoms with Crippen LogP contribution in [0.1, 0.15) is 5.56 Å². The lowest BCUT2D eigenvalue weighted by atomic mass is 10.2. The molecule has 0 aliphatic rings. The first kappa shape index (κ1) is 7.60. The monoisotopic (exact) mass is 149 g/mol. The third kappa shape index (κ3) is 1.32. The Morgan fingerprint density at radius 2 is 2.45 bits per heavy atom. The van der Waals surface area contributed by atoms with Gasteiger partial charge in [0.25, 0.3) is 0 Å². The zero-order chi connectivity index (χ0) is 8.27. The molecule has 1 heterocycles. The fourth-order valence-electron chi connectivity index (χ4n) is 0.922. The van der Waals surface area contributed by atoms with Gasteiger partial charge in [-0.2, -0.15) is 0 Å². The minimum Gasteiger partial charge on any atom is -0.387 e. The van der Waals surface area contributed by atoms with Crippen LogP contribution in [0.3, 0.4) is 0 Å². The average molecular weight is 149 g/mol. The number of pyridine rings is 1. The Labute approximate surface area is 65.9 Å². The van der Waals surface area contributed by atoms with Crippen molar-refractivity contribution in [1.29, 1.82) is 0 Å². The maximum absolute atomic E-state index is 5.59. The smallest absolute Gasteiger partial charge is 0.132 e. The van der Waals surface area contributed by atoms with Crippen LogP contribution >= 0.6 is 0 Å². The molecule has 0 spiro atoms. The maximum atomic E-state index is 5.59. The van der Waals surface area contributed by atoms with Crippen LogP contribution in [0, 0.1) is 0 Å². The molecular weight excluding hydrogens is 138 g/mol. The topological polar surface area (TPSA) is 50.9 Å². The van der Waals surface area contributed by atoms with Gasteiger partial charge in [-0.3, -0.25) is 0 Å². The van der Waals surface area contributed by atoms with Crippen molar-refractivity contribution in [2.24, 2.45) is 0 Å². The van der Waals surface area contributed by atoms with Crippen molar-refractivity contribution in [1.82, 2.24) is 4.98 Å². The van der Waals surface area contributed by atoms with Crippen molar-refractivity contribution >= 4 is 17.6 Å². The highest BCUT2D eigenvalue weighted by molar-refractivity contribution is 5.73. The number of rotatable bonds is 2. The van der Waals surface area contributed by atoms with E-state index in [1.165, 1.54) is 0 Å². The molecule has 0 saturated carbocycles. The Bertz CT molecular complexity index is 268. The molecule has 1 aromatic heterocycles. The lowest BCUT2D eigenvalue weighted by Crippen LogP contribution is -1.98. The standard InChI is InChI=1S/C8H11N3/c1-3-6-7(10-2)4-5-11-8(6)9/h3-5H,1H2,2H3,(H3,9,10,11). The SMILES string of the molecule is C=Cc1c(NC)ccnc1N. The summed E-state index contributed by atoms with van der Waals surface area (Å²) in [6.45, 7) is 3.64. The number of aromatic nitrogens is 1. The van der Waals surface area contributed by atoms with E-state index in [0.29, 0.717) is 5.82 Å². The van der Waals surface area contributed by atoms with E-state index in [-0.39, 0.29) is 0 Å². The summed E-state index contributed by atoms with van der Waals surface area (Å²) in [6.07, 6.45) is 3.35. The molecule has 0 radical (unpaired) electrons. The van der Waals surface area contributed by atoms with Gasteiger partial charge in [0.05, 0.1) is 0 Å². The predicted octanol–water partition coefficient (Wildman–Crippen LogP) is 1.35. The van der Waals surface area contributed by atoms with Crippen LogP contribution in [-0.4, -0.2) is 12.0 Å². The summed E-state index contributed by atoms with van der Waals surface area (Å²) in [6, 6.07) is 1.85. The van der Waals surface area contributed by atoms with Gasteiger partial charge in [-0.15, -0.1) is 0 Å². The molecule has 0 fully saturated rings. The van der Waals surface area contributed by atoms with Crippen LogP contribution in [-0.2, 0) is 0 Å². The Morgan fingerprint density at radius 3 is 2.91 bits per heavy atom. The lowest BCUT2D eigenvalue weighted by molar-refractivity contribution is 1.31. The van der Waals surface area contributed by atoms with Crippen molar-refractivity contribution in [3.05, 3.63) is 24.4 Å². The summed E-state index contributed by atoms with van der Waals surface area (Å²) >= 11 is 0. The Balaban J connectivity index is 3.24. The summed E-state index contributed by atoms with van der Waals surface area (Å²) in [5.41, 5.74) is 7.39. The van der Waals surface area contributed by atoms with E-state index in [1.54, 1.807) is 12.3 Å². The highest BCUT2D eigenvalue weighted by Crippen LogP contribution is 2.19. The first-order valence-corrected chi connectivity index (χ1v) is 3.34. The van der Waals surface area contributed by atoms with Crippen LogP contribution in [0.15, 0.2) is 18.8 Å². The molecule has 3 N–H and O–H groups in total. The first-order chi connectivity index (χ1) is 5.29. The molecule has 0 amide bonds. The van der Waals surface area contributed by atoms with Crippen molar-refractivity contribution in [2.75, 3.05) is 18.1 Å². The molecule has 0 aliphatic heterocycles. The van der Waals surface area contributed by atoms with E-state index in [0.717, 1.165) is 11.3 Å². The van der Waals surface area contributed by atoms with Crippen molar-refractivity contribution < 1.29 is 0 Å². The molecule has 1 aromatic rings.